The van der Waals surface area contributed by atoms with Crippen LogP contribution < -0.4 is 5.32 Å². The lowest BCUT2D eigenvalue weighted by Crippen LogP contribution is -2.32. The first-order valence-corrected chi connectivity index (χ1v) is 7.92. The maximum atomic E-state index is 12.5. The lowest BCUT2D eigenvalue weighted by atomic mass is 10.1. The molecular formula is C18H20N4O2. The van der Waals surface area contributed by atoms with Crippen molar-refractivity contribution in [3.8, 4) is 5.75 Å². The van der Waals surface area contributed by atoms with Crippen LogP contribution in [0.1, 0.15) is 35.0 Å². The van der Waals surface area contributed by atoms with Crippen molar-refractivity contribution in [2.45, 2.75) is 32.7 Å². The fraction of sp³-hybridized carbons (Fsp3) is 0.278. The van der Waals surface area contributed by atoms with Crippen molar-refractivity contribution < 1.29 is 9.90 Å². The van der Waals surface area contributed by atoms with E-state index in [2.05, 4.69) is 15.4 Å². The van der Waals surface area contributed by atoms with Crippen molar-refractivity contribution in [2.75, 3.05) is 0 Å². The summed E-state index contributed by atoms with van der Waals surface area (Å²) in [4.78, 5) is 16.8. The molecule has 0 radical (unpaired) electrons. The van der Waals surface area contributed by atoms with Crippen LogP contribution in [0.15, 0.2) is 42.7 Å². The molecular weight excluding hydrogens is 304 g/mol. The number of fused-ring (bicyclic) bond motifs is 1. The minimum atomic E-state index is -0.165. The van der Waals surface area contributed by atoms with E-state index >= 15 is 0 Å². The van der Waals surface area contributed by atoms with Gasteiger partial charge in [-0.3, -0.25) is 4.79 Å². The molecule has 0 aliphatic rings. The topological polar surface area (TPSA) is 79.5 Å². The number of aryl methyl sites for hydroxylation is 2. The molecule has 0 bridgehead atoms. The van der Waals surface area contributed by atoms with Gasteiger partial charge in [-0.1, -0.05) is 12.1 Å². The number of carbonyl (C=O) groups is 1. The van der Waals surface area contributed by atoms with E-state index in [0.717, 1.165) is 24.1 Å². The Labute approximate surface area is 140 Å². The molecule has 3 rings (SSSR count). The van der Waals surface area contributed by atoms with Crippen LogP contribution in [-0.4, -0.2) is 31.7 Å². The lowest BCUT2D eigenvalue weighted by Gasteiger charge is -2.13. The van der Waals surface area contributed by atoms with Crippen LogP contribution in [0.2, 0.25) is 0 Å². The van der Waals surface area contributed by atoms with Gasteiger partial charge < -0.3 is 10.4 Å². The first-order valence-electron chi connectivity index (χ1n) is 7.92. The lowest BCUT2D eigenvalue weighted by molar-refractivity contribution is 0.0940. The minimum absolute atomic E-state index is 0.0195. The summed E-state index contributed by atoms with van der Waals surface area (Å²) in [7, 11) is 0. The molecule has 0 fully saturated rings. The van der Waals surface area contributed by atoms with Crippen LogP contribution in [0.4, 0.5) is 0 Å². The molecule has 0 aliphatic carbocycles. The Hall–Kier alpha value is -2.89. The number of phenols is 1. The number of aromatic nitrogens is 3. The SMILES string of the molecule is Cc1ccn2ncc(C(=O)NC(C)CCc3ccc(O)cc3)c2n1. The van der Waals surface area contributed by atoms with E-state index in [1.807, 2.05) is 32.0 Å². The zero-order chi connectivity index (χ0) is 17.1. The average Bonchev–Trinajstić information content (AvgIpc) is 2.97. The van der Waals surface area contributed by atoms with Crippen molar-refractivity contribution in [3.63, 3.8) is 0 Å². The molecule has 2 aromatic heterocycles. The van der Waals surface area contributed by atoms with Crippen molar-refractivity contribution in [1.29, 1.82) is 0 Å². The fourth-order valence-electron chi connectivity index (χ4n) is 2.54. The van der Waals surface area contributed by atoms with E-state index in [1.54, 1.807) is 29.0 Å². The fourth-order valence-corrected chi connectivity index (χ4v) is 2.54. The summed E-state index contributed by atoms with van der Waals surface area (Å²) in [6.07, 6.45) is 4.97. The van der Waals surface area contributed by atoms with E-state index in [9.17, 15) is 9.90 Å². The number of amides is 1. The third-order valence-corrected chi connectivity index (χ3v) is 3.93. The normalized spacial score (nSPS) is 12.2. The van der Waals surface area contributed by atoms with E-state index in [1.165, 1.54) is 0 Å². The molecule has 1 aromatic carbocycles. The van der Waals surface area contributed by atoms with Gasteiger partial charge >= 0.3 is 0 Å². The van der Waals surface area contributed by atoms with Crippen LogP contribution in [0, 0.1) is 6.92 Å². The van der Waals surface area contributed by atoms with Gasteiger partial charge in [0.25, 0.3) is 5.91 Å². The molecule has 1 atom stereocenters. The molecule has 24 heavy (non-hydrogen) atoms. The number of benzene rings is 1. The zero-order valence-electron chi connectivity index (χ0n) is 13.7. The van der Waals surface area contributed by atoms with E-state index in [4.69, 9.17) is 0 Å². The van der Waals surface area contributed by atoms with Crippen molar-refractivity contribution in [3.05, 3.63) is 59.5 Å². The van der Waals surface area contributed by atoms with Gasteiger partial charge in [0.15, 0.2) is 5.65 Å². The molecule has 1 unspecified atom stereocenters. The third-order valence-electron chi connectivity index (χ3n) is 3.93. The highest BCUT2D eigenvalue weighted by molar-refractivity contribution is 5.99. The maximum absolute atomic E-state index is 12.5. The first kappa shape index (κ1) is 16.0. The Bertz CT molecular complexity index is 855. The molecule has 1 amide bonds. The van der Waals surface area contributed by atoms with Gasteiger partial charge in [-0.15, -0.1) is 0 Å². The molecule has 6 nitrogen and oxygen atoms in total. The van der Waals surface area contributed by atoms with Gasteiger partial charge in [0.2, 0.25) is 0 Å². The quantitative estimate of drug-likeness (QED) is 0.756. The number of phenolic OH excluding ortho intramolecular Hbond substituents is 1. The Kier molecular flexibility index (Phi) is 4.46. The van der Waals surface area contributed by atoms with Crippen LogP contribution in [0.25, 0.3) is 5.65 Å². The maximum Gasteiger partial charge on any atom is 0.256 e. The predicted octanol–water partition coefficient (Wildman–Crippen LogP) is 2.49. The summed E-state index contributed by atoms with van der Waals surface area (Å²) in [5.41, 5.74) is 3.02. The van der Waals surface area contributed by atoms with Gasteiger partial charge in [-0.2, -0.15) is 5.10 Å². The standard InChI is InChI=1S/C18H20N4O2/c1-12(3-4-14-5-7-15(23)8-6-14)21-18(24)16-11-19-22-10-9-13(2)20-17(16)22/h5-12,23H,3-4H2,1-2H3,(H,21,24). The molecule has 0 aliphatic heterocycles. The molecule has 3 aromatic rings. The summed E-state index contributed by atoms with van der Waals surface area (Å²) in [5.74, 6) is 0.0947. The number of hydrogen-bond donors (Lipinski definition) is 2. The number of nitrogens with one attached hydrogen (secondary N) is 1. The van der Waals surface area contributed by atoms with Crippen LogP contribution in [-0.2, 0) is 6.42 Å². The summed E-state index contributed by atoms with van der Waals surface area (Å²) in [6, 6.07) is 8.99. The summed E-state index contributed by atoms with van der Waals surface area (Å²) in [5, 5.41) is 16.4. The van der Waals surface area contributed by atoms with Crippen LogP contribution in [0.5, 0.6) is 5.75 Å². The van der Waals surface area contributed by atoms with Crippen molar-refractivity contribution in [1.82, 2.24) is 19.9 Å². The second kappa shape index (κ2) is 6.70. The predicted molar refractivity (Wildman–Crippen MR) is 91.1 cm³/mol. The second-order valence-electron chi connectivity index (χ2n) is 5.97. The highest BCUT2D eigenvalue weighted by atomic mass is 16.3. The molecule has 124 valence electrons. The first-order chi connectivity index (χ1) is 11.5. The molecule has 6 heteroatoms. The van der Waals surface area contributed by atoms with Crippen LogP contribution >= 0.6 is 0 Å². The van der Waals surface area contributed by atoms with Crippen LogP contribution in [0.3, 0.4) is 0 Å². The zero-order valence-corrected chi connectivity index (χ0v) is 13.7. The smallest absolute Gasteiger partial charge is 0.256 e. The molecule has 0 saturated carbocycles. The summed E-state index contributed by atoms with van der Waals surface area (Å²) >= 11 is 0. The van der Waals surface area contributed by atoms with Crippen molar-refractivity contribution >= 4 is 11.6 Å². The van der Waals surface area contributed by atoms with E-state index in [-0.39, 0.29) is 17.7 Å². The molecule has 0 saturated heterocycles. The molecule has 2 N–H and O–H groups in total. The Morgan fingerprint density at radius 1 is 1.29 bits per heavy atom. The van der Waals surface area contributed by atoms with Gasteiger partial charge in [0, 0.05) is 17.9 Å². The van der Waals surface area contributed by atoms with Gasteiger partial charge in [0.05, 0.1) is 6.20 Å². The number of nitrogens with zero attached hydrogens (tertiary/aromatic N) is 3. The molecule has 2 heterocycles. The van der Waals surface area contributed by atoms with Crippen molar-refractivity contribution in [2.24, 2.45) is 0 Å². The Morgan fingerprint density at radius 2 is 2.04 bits per heavy atom. The van der Waals surface area contributed by atoms with E-state index < -0.39 is 0 Å². The third kappa shape index (κ3) is 3.53. The average molecular weight is 324 g/mol. The van der Waals surface area contributed by atoms with Gasteiger partial charge in [-0.25, -0.2) is 9.50 Å². The largest absolute Gasteiger partial charge is 0.508 e. The Morgan fingerprint density at radius 3 is 2.79 bits per heavy atom. The minimum Gasteiger partial charge on any atom is -0.508 e. The Balaban J connectivity index is 1.63. The molecule has 0 spiro atoms. The summed E-state index contributed by atoms with van der Waals surface area (Å²) in [6.45, 7) is 3.86. The van der Waals surface area contributed by atoms with Gasteiger partial charge in [-0.05, 0) is 50.5 Å². The van der Waals surface area contributed by atoms with Gasteiger partial charge in [0.1, 0.15) is 11.3 Å². The number of aromatic hydroxyl groups is 1. The highest BCUT2D eigenvalue weighted by Gasteiger charge is 2.16. The second-order valence-corrected chi connectivity index (χ2v) is 5.97. The number of hydrogen-bond acceptors (Lipinski definition) is 4. The van der Waals surface area contributed by atoms with E-state index in [0.29, 0.717) is 11.2 Å². The summed E-state index contributed by atoms with van der Waals surface area (Å²) < 4.78 is 1.60. The number of rotatable bonds is 5. The number of carbonyl (C=O) groups excluding carboxylic acids is 1. The monoisotopic (exact) mass is 324 g/mol. The highest BCUT2D eigenvalue weighted by Crippen LogP contribution is 2.13.